The van der Waals surface area contributed by atoms with E-state index >= 15 is 0 Å². The highest BCUT2D eigenvalue weighted by molar-refractivity contribution is 5.76. The van der Waals surface area contributed by atoms with Gasteiger partial charge in [0.1, 0.15) is 5.82 Å². The molecule has 0 spiro atoms. The van der Waals surface area contributed by atoms with Crippen molar-refractivity contribution >= 4 is 11.0 Å². The molecule has 1 saturated heterocycles. The highest BCUT2D eigenvalue weighted by Gasteiger charge is 2.16. The number of hydrogen-bond acceptors (Lipinski definition) is 2. The summed E-state index contributed by atoms with van der Waals surface area (Å²) >= 11 is 0. The van der Waals surface area contributed by atoms with Crippen LogP contribution in [-0.2, 0) is 13.1 Å². The molecule has 0 atom stereocenters. The summed E-state index contributed by atoms with van der Waals surface area (Å²) in [4.78, 5) is 7.57. The second-order valence-electron chi connectivity index (χ2n) is 7.22. The summed E-state index contributed by atoms with van der Waals surface area (Å²) in [6, 6.07) is 17.2. The first-order valence-electron chi connectivity index (χ1n) is 9.52. The fraction of sp³-hybridized carbons (Fsp3) is 0.409. The van der Waals surface area contributed by atoms with E-state index in [0.717, 1.165) is 18.6 Å². The van der Waals surface area contributed by atoms with Gasteiger partial charge in [-0.1, -0.05) is 49.2 Å². The number of aryl methyl sites for hydroxylation is 1. The molecule has 1 fully saturated rings. The molecule has 3 aromatic rings. The van der Waals surface area contributed by atoms with Crippen molar-refractivity contribution in [2.45, 2.75) is 45.7 Å². The number of imidazole rings is 1. The van der Waals surface area contributed by atoms with Gasteiger partial charge in [-0.15, -0.1) is 0 Å². The average molecular weight is 333 g/mol. The van der Waals surface area contributed by atoms with Crippen LogP contribution in [-0.4, -0.2) is 27.5 Å². The summed E-state index contributed by atoms with van der Waals surface area (Å²) in [5.74, 6) is 1.20. The lowest BCUT2D eigenvalue weighted by atomic mass is 10.1. The quantitative estimate of drug-likeness (QED) is 0.686. The van der Waals surface area contributed by atoms with Crippen LogP contribution in [0, 0.1) is 6.92 Å². The van der Waals surface area contributed by atoms with E-state index in [4.69, 9.17) is 4.98 Å². The Morgan fingerprint density at radius 2 is 1.56 bits per heavy atom. The highest BCUT2D eigenvalue weighted by atomic mass is 15.2. The zero-order chi connectivity index (χ0) is 17.1. The molecule has 130 valence electrons. The van der Waals surface area contributed by atoms with Crippen molar-refractivity contribution < 1.29 is 0 Å². The third kappa shape index (κ3) is 3.62. The predicted octanol–water partition coefficient (Wildman–Crippen LogP) is 4.77. The summed E-state index contributed by atoms with van der Waals surface area (Å²) < 4.78 is 2.42. The Bertz CT molecular complexity index is 841. The van der Waals surface area contributed by atoms with Gasteiger partial charge < -0.3 is 4.57 Å². The summed E-state index contributed by atoms with van der Waals surface area (Å²) in [6.45, 7) is 6.46. The van der Waals surface area contributed by atoms with Gasteiger partial charge in [0.05, 0.1) is 17.6 Å². The third-order valence-corrected chi connectivity index (χ3v) is 5.39. The number of aromatic nitrogens is 2. The van der Waals surface area contributed by atoms with E-state index in [9.17, 15) is 0 Å². The van der Waals surface area contributed by atoms with E-state index in [1.807, 2.05) is 0 Å². The molecule has 4 rings (SSSR count). The molecule has 3 heteroatoms. The smallest absolute Gasteiger partial charge is 0.124 e. The number of para-hydroxylation sites is 2. The summed E-state index contributed by atoms with van der Waals surface area (Å²) in [7, 11) is 0. The first kappa shape index (κ1) is 16.3. The Balaban J connectivity index is 1.69. The van der Waals surface area contributed by atoms with Crippen LogP contribution in [0.5, 0.6) is 0 Å². The first-order valence-corrected chi connectivity index (χ1v) is 9.52. The predicted molar refractivity (Wildman–Crippen MR) is 104 cm³/mol. The standard InChI is InChI=1S/C22H27N3/c1-18-10-4-5-11-19(18)16-25-21-13-7-6-12-20(21)23-22(25)17-24-14-8-2-3-9-15-24/h4-7,10-13H,2-3,8-9,14-17H2,1H3. The largest absolute Gasteiger partial charge is 0.322 e. The van der Waals surface area contributed by atoms with Crippen LogP contribution in [0.2, 0.25) is 0 Å². The molecule has 1 aliphatic rings. The molecule has 25 heavy (non-hydrogen) atoms. The lowest BCUT2D eigenvalue weighted by Crippen LogP contribution is -2.26. The number of hydrogen-bond donors (Lipinski definition) is 0. The molecule has 3 nitrogen and oxygen atoms in total. The molecule has 2 heterocycles. The zero-order valence-corrected chi connectivity index (χ0v) is 15.1. The number of benzene rings is 2. The molecule has 2 aromatic carbocycles. The fourth-order valence-electron chi connectivity index (χ4n) is 3.87. The van der Waals surface area contributed by atoms with Crippen molar-refractivity contribution in [1.82, 2.24) is 14.5 Å². The van der Waals surface area contributed by atoms with E-state index in [1.165, 1.54) is 61.2 Å². The molecule has 0 bridgehead atoms. The van der Waals surface area contributed by atoms with Crippen molar-refractivity contribution in [3.8, 4) is 0 Å². The topological polar surface area (TPSA) is 21.1 Å². The minimum Gasteiger partial charge on any atom is -0.322 e. The molecule has 0 unspecified atom stereocenters. The normalized spacial score (nSPS) is 16.2. The Hall–Kier alpha value is -2.13. The molecular weight excluding hydrogens is 306 g/mol. The number of likely N-dealkylation sites (tertiary alicyclic amines) is 1. The van der Waals surface area contributed by atoms with Gasteiger partial charge in [0, 0.05) is 6.54 Å². The Labute approximate surface area is 150 Å². The maximum absolute atomic E-state index is 4.98. The van der Waals surface area contributed by atoms with Gasteiger partial charge in [0.15, 0.2) is 0 Å². The summed E-state index contributed by atoms with van der Waals surface area (Å²) in [6.07, 6.45) is 5.38. The van der Waals surface area contributed by atoms with E-state index in [2.05, 4.69) is 64.9 Å². The molecule has 1 aromatic heterocycles. The van der Waals surface area contributed by atoms with Crippen molar-refractivity contribution in [2.24, 2.45) is 0 Å². The van der Waals surface area contributed by atoms with E-state index < -0.39 is 0 Å². The van der Waals surface area contributed by atoms with Gasteiger partial charge in [-0.05, 0) is 56.1 Å². The highest BCUT2D eigenvalue weighted by Crippen LogP contribution is 2.21. The fourth-order valence-corrected chi connectivity index (χ4v) is 3.87. The van der Waals surface area contributed by atoms with Gasteiger partial charge >= 0.3 is 0 Å². The Morgan fingerprint density at radius 1 is 0.840 bits per heavy atom. The van der Waals surface area contributed by atoms with Gasteiger partial charge in [-0.2, -0.15) is 0 Å². The van der Waals surface area contributed by atoms with Crippen LogP contribution >= 0.6 is 0 Å². The molecule has 0 saturated carbocycles. The van der Waals surface area contributed by atoms with Crippen LogP contribution in [0.25, 0.3) is 11.0 Å². The number of rotatable bonds is 4. The molecule has 0 amide bonds. The lowest BCUT2D eigenvalue weighted by Gasteiger charge is -2.20. The van der Waals surface area contributed by atoms with Crippen molar-refractivity contribution in [2.75, 3.05) is 13.1 Å². The monoisotopic (exact) mass is 333 g/mol. The van der Waals surface area contributed by atoms with Gasteiger partial charge in [-0.3, -0.25) is 4.90 Å². The van der Waals surface area contributed by atoms with Crippen LogP contribution in [0.4, 0.5) is 0 Å². The SMILES string of the molecule is Cc1ccccc1Cn1c(CN2CCCCCC2)nc2ccccc21. The summed E-state index contributed by atoms with van der Waals surface area (Å²) in [5, 5.41) is 0. The van der Waals surface area contributed by atoms with E-state index in [0.29, 0.717) is 0 Å². The minimum absolute atomic E-state index is 0.899. The molecular formula is C22H27N3. The molecule has 1 aliphatic heterocycles. The molecule has 0 N–H and O–H groups in total. The van der Waals surface area contributed by atoms with Gasteiger partial charge in [-0.25, -0.2) is 4.98 Å². The summed E-state index contributed by atoms with van der Waals surface area (Å²) in [5.41, 5.74) is 5.08. The Morgan fingerprint density at radius 3 is 2.36 bits per heavy atom. The maximum atomic E-state index is 4.98. The third-order valence-electron chi connectivity index (χ3n) is 5.39. The van der Waals surface area contributed by atoms with Crippen LogP contribution < -0.4 is 0 Å². The first-order chi connectivity index (χ1) is 12.3. The van der Waals surface area contributed by atoms with Crippen LogP contribution in [0.3, 0.4) is 0 Å². The number of fused-ring (bicyclic) bond motifs is 1. The van der Waals surface area contributed by atoms with Gasteiger partial charge in [0.2, 0.25) is 0 Å². The molecule has 0 radical (unpaired) electrons. The van der Waals surface area contributed by atoms with Gasteiger partial charge in [0.25, 0.3) is 0 Å². The second-order valence-corrected chi connectivity index (χ2v) is 7.22. The van der Waals surface area contributed by atoms with E-state index in [-0.39, 0.29) is 0 Å². The lowest BCUT2D eigenvalue weighted by molar-refractivity contribution is 0.267. The van der Waals surface area contributed by atoms with Crippen molar-refractivity contribution in [1.29, 1.82) is 0 Å². The van der Waals surface area contributed by atoms with Crippen LogP contribution in [0.15, 0.2) is 48.5 Å². The van der Waals surface area contributed by atoms with Crippen molar-refractivity contribution in [3.63, 3.8) is 0 Å². The maximum Gasteiger partial charge on any atom is 0.124 e. The Kier molecular flexibility index (Phi) is 4.84. The minimum atomic E-state index is 0.899. The number of nitrogens with zero attached hydrogens (tertiary/aromatic N) is 3. The van der Waals surface area contributed by atoms with Crippen molar-refractivity contribution in [3.05, 3.63) is 65.5 Å². The molecule has 0 aliphatic carbocycles. The van der Waals surface area contributed by atoms with Crippen LogP contribution in [0.1, 0.15) is 42.6 Å². The average Bonchev–Trinajstić information content (AvgIpc) is 2.79. The zero-order valence-electron chi connectivity index (χ0n) is 15.1. The second kappa shape index (κ2) is 7.40. The van der Waals surface area contributed by atoms with E-state index in [1.54, 1.807) is 0 Å².